The minimum absolute atomic E-state index is 0.0204. The fourth-order valence-electron chi connectivity index (χ4n) is 2.57. The van der Waals surface area contributed by atoms with Crippen LogP contribution in [0.3, 0.4) is 0 Å². The summed E-state index contributed by atoms with van der Waals surface area (Å²) in [7, 11) is 0. The molecule has 1 saturated heterocycles. The number of fused-ring (bicyclic) bond motifs is 1. The van der Waals surface area contributed by atoms with E-state index in [0.29, 0.717) is 11.1 Å². The van der Waals surface area contributed by atoms with Crippen LogP contribution in [0.1, 0.15) is 16.9 Å². The number of hydrogen-bond acceptors (Lipinski definition) is 3. The van der Waals surface area contributed by atoms with Gasteiger partial charge < -0.3 is 15.0 Å². The minimum Gasteiger partial charge on any atom is -0.394 e. The predicted molar refractivity (Wildman–Crippen MR) is 67.5 cm³/mol. The van der Waals surface area contributed by atoms with Crippen molar-refractivity contribution in [2.24, 2.45) is 0 Å². The maximum Gasteiger partial charge on any atom is 0.273 e. The third-order valence-electron chi connectivity index (χ3n) is 3.52. The highest BCUT2D eigenvalue weighted by molar-refractivity contribution is 6.04. The lowest BCUT2D eigenvalue weighted by Crippen LogP contribution is -2.38. The van der Waals surface area contributed by atoms with Gasteiger partial charge in [-0.25, -0.2) is 4.39 Å². The largest absolute Gasteiger partial charge is 0.394 e. The Hall–Kier alpha value is -1.95. The number of nitrogens with zero attached hydrogens (tertiary/aromatic N) is 2. The van der Waals surface area contributed by atoms with E-state index in [9.17, 15) is 14.3 Å². The van der Waals surface area contributed by atoms with E-state index in [1.54, 1.807) is 24.5 Å². The summed E-state index contributed by atoms with van der Waals surface area (Å²) in [5.74, 6) is -0.329. The molecule has 2 atom stereocenters. The van der Waals surface area contributed by atoms with Crippen molar-refractivity contribution >= 4 is 16.8 Å². The number of aromatic amines is 1. The molecule has 2 N–H and O–H groups in total. The molecule has 100 valence electrons. The van der Waals surface area contributed by atoms with Gasteiger partial charge in [-0.1, -0.05) is 0 Å². The lowest BCUT2D eigenvalue weighted by Gasteiger charge is -2.22. The summed E-state index contributed by atoms with van der Waals surface area (Å²) >= 11 is 0. The van der Waals surface area contributed by atoms with Crippen molar-refractivity contribution < 1.29 is 14.3 Å². The summed E-state index contributed by atoms with van der Waals surface area (Å²) < 4.78 is 13.4. The highest BCUT2D eigenvalue weighted by Crippen LogP contribution is 2.24. The summed E-state index contributed by atoms with van der Waals surface area (Å²) in [6.07, 6.45) is 2.38. The number of carbonyl (C=O) groups excluding carboxylic acids is 1. The number of aliphatic hydroxyl groups is 1. The second-order valence-corrected chi connectivity index (χ2v) is 4.73. The molecule has 1 fully saturated rings. The number of halogens is 1. The molecular formula is C13H14FN3O2. The number of rotatable bonds is 2. The molecule has 0 radical (unpaired) electrons. The highest BCUT2D eigenvalue weighted by Gasteiger charge is 2.36. The van der Waals surface area contributed by atoms with Crippen LogP contribution >= 0.6 is 0 Å². The lowest BCUT2D eigenvalue weighted by atomic mass is 10.2. The van der Waals surface area contributed by atoms with Crippen molar-refractivity contribution in [1.29, 1.82) is 0 Å². The second kappa shape index (κ2) is 4.62. The third-order valence-corrected chi connectivity index (χ3v) is 3.52. The predicted octanol–water partition coefficient (Wildman–Crippen LogP) is 1.11. The zero-order chi connectivity index (χ0) is 13.4. The first-order valence-electron chi connectivity index (χ1n) is 6.18. The Labute approximate surface area is 109 Å². The van der Waals surface area contributed by atoms with Crippen molar-refractivity contribution in [2.45, 2.75) is 18.6 Å². The van der Waals surface area contributed by atoms with E-state index >= 15 is 0 Å². The molecule has 1 aliphatic heterocycles. The Balaban J connectivity index is 1.97. The van der Waals surface area contributed by atoms with Gasteiger partial charge in [0, 0.05) is 29.7 Å². The van der Waals surface area contributed by atoms with Crippen LogP contribution in [0.5, 0.6) is 0 Å². The Morgan fingerprint density at radius 3 is 3.21 bits per heavy atom. The molecule has 0 bridgehead atoms. The molecule has 2 aromatic rings. The lowest BCUT2D eigenvalue weighted by molar-refractivity contribution is 0.0669. The van der Waals surface area contributed by atoms with Crippen LogP contribution in [0.4, 0.5) is 4.39 Å². The number of alkyl halides is 1. The molecular weight excluding hydrogens is 249 g/mol. The van der Waals surface area contributed by atoms with Crippen LogP contribution in [0, 0.1) is 0 Å². The Morgan fingerprint density at radius 1 is 1.58 bits per heavy atom. The van der Waals surface area contributed by atoms with Crippen LogP contribution in [-0.4, -0.2) is 51.2 Å². The van der Waals surface area contributed by atoms with Crippen molar-refractivity contribution in [3.8, 4) is 0 Å². The number of pyridine rings is 1. The molecule has 0 aromatic carbocycles. The molecule has 0 saturated carbocycles. The van der Waals surface area contributed by atoms with E-state index in [2.05, 4.69) is 9.97 Å². The van der Waals surface area contributed by atoms with Gasteiger partial charge in [0.1, 0.15) is 11.9 Å². The van der Waals surface area contributed by atoms with E-state index in [-0.39, 0.29) is 25.5 Å². The Bertz CT molecular complexity index is 613. The van der Waals surface area contributed by atoms with Crippen molar-refractivity contribution in [3.05, 3.63) is 30.2 Å². The standard InChI is InChI=1S/C13H14FN3O2/c14-8-5-9(7-18)17(6-8)13(19)12-10-1-3-15-11(10)2-4-16-12/h1-4,8-9,15,18H,5-7H2/t8-,9-/m0/s1. The fraction of sp³-hybridized carbons (Fsp3) is 0.385. The summed E-state index contributed by atoms with van der Waals surface area (Å²) in [6, 6.07) is 3.09. The van der Waals surface area contributed by atoms with E-state index in [4.69, 9.17) is 0 Å². The van der Waals surface area contributed by atoms with Gasteiger partial charge in [0.25, 0.3) is 5.91 Å². The Kier molecular flexibility index (Phi) is 2.94. The number of amides is 1. The number of nitrogens with one attached hydrogen (secondary N) is 1. The number of likely N-dealkylation sites (tertiary alicyclic amines) is 1. The van der Waals surface area contributed by atoms with Gasteiger partial charge in [-0.2, -0.15) is 0 Å². The molecule has 0 aliphatic carbocycles. The van der Waals surface area contributed by atoms with Gasteiger partial charge in [-0.3, -0.25) is 9.78 Å². The van der Waals surface area contributed by atoms with E-state index in [1.165, 1.54) is 4.90 Å². The van der Waals surface area contributed by atoms with Gasteiger partial charge in [0.15, 0.2) is 0 Å². The van der Waals surface area contributed by atoms with Gasteiger partial charge in [0.05, 0.1) is 19.2 Å². The average molecular weight is 263 g/mol. The van der Waals surface area contributed by atoms with E-state index in [0.717, 1.165) is 5.52 Å². The van der Waals surface area contributed by atoms with Gasteiger partial charge >= 0.3 is 0 Å². The topological polar surface area (TPSA) is 69.2 Å². The first kappa shape index (κ1) is 12.1. The van der Waals surface area contributed by atoms with Gasteiger partial charge in [0.2, 0.25) is 0 Å². The smallest absolute Gasteiger partial charge is 0.273 e. The normalized spacial score (nSPS) is 23.2. The highest BCUT2D eigenvalue weighted by atomic mass is 19.1. The molecule has 2 aromatic heterocycles. The second-order valence-electron chi connectivity index (χ2n) is 4.73. The summed E-state index contributed by atoms with van der Waals surface area (Å²) in [5.41, 5.74) is 1.11. The zero-order valence-electron chi connectivity index (χ0n) is 10.2. The molecule has 1 amide bonds. The summed E-state index contributed by atoms with van der Waals surface area (Å²) in [5, 5.41) is 9.95. The summed E-state index contributed by atoms with van der Waals surface area (Å²) in [4.78, 5) is 20.9. The van der Waals surface area contributed by atoms with Gasteiger partial charge in [-0.15, -0.1) is 0 Å². The van der Waals surface area contributed by atoms with E-state index in [1.807, 2.05) is 0 Å². The molecule has 0 spiro atoms. The molecule has 19 heavy (non-hydrogen) atoms. The first-order valence-corrected chi connectivity index (χ1v) is 6.18. The van der Waals surface area contributed by atoms with Crippen molar-refractivity contribution in [2.75, 3.05) is 13.2 Å². The maximum absolute atomic E-state index is 13.4. The van der Waals surface area contributed by atoms with Crippen LogP contribution in [-0.2, 0) is 0 Å². The van der Waals surface area contributed by atoms with Crippen LogP contribution in [0.25, 0.3) is 10.9 Å². The molecule has 3 heterocycles. The molecule has 1 aliphatic rings. The number of aliphatic hydroxyl groups excluding tert-OH is 1. The molecule has 6 heteroatoms. The Morgan fingerprint density at radius 2 is 2.42 bits per heavy atom. The molecule has 0 unspecified atom stereocenters. The van der Waals surface area contributed by atoms with Crippen molar-refractivity contribution in [3.63, 3.8) is 0 Å². The molecule has 5 nitrogen and oxygen atoms in total. The number of hydrogen-bond donors (Lipinski definition) is 2. The van der Waals surface area contributed by atoms with Crippen LogP contribution in [0.15, 0.2) is 24.5 Å². The van der Waals surface area contributed by atoms with Gasteiger partial charge in [-0.05, 0) is 12.1 Å². The first-order chi connectivity index (χ1) is 9.20. The monoisotopic (exact) mass is 263 g/mol. The SMILES string of the molecule is O=C(c1nccc2[nH]ccc12)N1C[C@@H](F)C[C@H]1CO. The molecule has 3 rings (SSSR count). The zero-order valence-corrected chi connectivity index (χ0v) is 10.2. The van der Waals surface area contributed by atoms with E-state index < -0.39 is 12.2 Å². The van der Waals surface area contributed by atoms with Crippen molar-refractivity contribution in [1.82, 2.24) is 14.9 Å². The maximum atomic E-state index is 13.4. The van der Waals surface area contributed by atoms with Crippen LogP contribution < -0.4 is 0 Å². The quantitative estimate of drug-likeness (QED) is 0.852. The summed E-state index contributed by atoms with van der Waals surface area (Å²) in [6.45, 7) is -0.207. The van der Waals surface area contributed by atoms with Crippen LogP contribution in [0.2, 0.25) is 0 Å². The average Bonchev–Trinajstić information content (AvgIpc) is 3.03. The number of carbonyl (C=O) groups is 1. The third kappa shape index (κ3) is 1.98. The number of H-pyrrole nitrogens is 1. The fourth-order valence-corrected chi connectivity index (χ4v) is 2.57. The number of aromatic nitrogens is 2. The minimum atomic E-state index is -1.08.